The molecule has 1 aromatic heterocycles. The minimum atomic E-state index is -0.845. The summed E-state index contributed by atoms with van der Waals surface area (Å²) in [6.07, 6.45) is 3.98. The summed E-state index contributed by atoms with van der Waals surface area (Å²) in [5.41, 5.74) is 1.04. The van der Waals surface area contributed by atoms with Crippen LogP contribution in [0.25, 0.3) is 0 Å². The second-order valence-electron chi connectivity index (χ2n) is 4.21. The van der Waals surface area contributed by atoms with Crippen molar-refractivity contribution in [2.45, 2.75) is 19.4 Å². The monoisotopic (exact) mass is 263 g/mol. The first-order chi connectivity index (χ1) is 9.24. The predicted octanol–water partition coefficient (Wildman–Crippen LogP) is 2.84. The van der Waals surface area contributed by atoms with E-state index in [-0.39, 0.29) is 5.56 Å². The van der Waals surface area contributed by atoms with Gasteiger partial charge in [0.2, 0.25) is 0 Å². The lowest BCUT2D eigenvalue weighted by molar-refractivity contribution is 0.480. The van der Waals surface area contributed by atoms with Crippen molar-refractivity contribution >= 4 is 0 Å². The van der Waals surface area contributed by atoms with Gasteiger partial charge in [-0.3, -0.25) is 0 Å². The summed E-state index contributed by atoms with van der Waals surface area (Å²) in [7, 11) is 0. The fourth-order valence-corrected chi connectivity index (χ4v) is 1.91. The van der Waals surface area contributed by atoms with Crippen LogP contribution in [-0.4, -0.2) is 16.7 Å². The highest BCUT2D eigenvalue weighted by atomic mass is 19.2. The van der Waals surface area contributed by atoms with Gasteiger partial charge < -0.3 is 5.32 Å². The standard InChI is InChI=1S/C14H15F2N3/c1-2-7-17-14(10-6-8-18-19-9-10)11-4-3-5-12(15)13(11)16/h3-6,8-9,14,17H,2,7H2,1H3. The zero-order chi connectivity index (χ0) is 13.7. The van der Waals surface area contributed by atoms with Crippen LogP contribution in [0, 0.1) is 11.6 Å². The molecule has 1 heterocycles. The molecule has 1 unspecified atom stereocenters. The third-order valence-electron chi connectivity index (χ3n) is 2.83. The lowest BCUT2D eigenvalue weighted by Gasteiger charge is -2.19. The highest BCUT2D eigenvalue weighted by molar-refractivity contribution is 5.31. The highest BCUT2D eigenvalue weighted by Crippen LogP contribution is 2.25. The first kappa shape index (κ1) is 13.5. The Labute approximate surface area is 110 Å². The zero-order valence-electron chi connectivity index (χ0n) is 10.6. The van der Waals surface area contributed by atoms with E-state index in [0.29, 0.717) is 6.54 Å². The van der Waals surface area contributed by atoms with Gasteiger partial charge in [0.05, 0.1) is 12.2 Å². The Hall–Kier alpha value is -1.88. The molecule has 0 bridgehead atoms. The van der Waals surface area contributed by atoms with E-state index >= 15 is 0 Å². The second-order valence-corrected chi connectivity index (χ2v) is 4.21. The van der Waals surface area contributed by atoms with Gasteiger partial charge >= 0.3 is 0 Å². The van der Waals surface area contributed by atoms with Crippen molar-refractivity contribution in [1.82, 2.24) is 15.5 Å². The van der Waals surface area contributed by atoms with Crippen LogP contribution in [0.15, 0.2) is 36.7 Å². The smallest absolute Gasteiger partial charge is 0.163 e. The van der Waals surface area contributed by atoms with E-state index in [9.17, 15) is 8.78 Å². The van der Waals surface area contributed by atoms with Gasteiger partial charge in [0.1, 0.15) is 0 Å². The lowest BCUT2D eigenvalue weighted by Crippen LogP contribution is -2.24. The van der Waals surface area contributed by atoms with Gasteiger partial charge in [0, 0.05) is 11.8 Å². The van der Waals surface area contributed by atoms with Crippen LogP contribution in [0.4, 0.5) is 8.78 Å². The Balaban J connectivity index is 2.40. The van der Waals surface area contributed by atoms with Gasteiger partial charge in [-0.05, 0) is 30.7 Å². The number of aromatic nitrogens is 2. The Morgan fingerprint density at radius 1 is 1.21 bits per heavy atom. The minimum absolute atomic E-state index is 0.279. The van der Waals surface area contributed by atoms with Gasteiger partial charge in [0.25, 0.3) is 0 Å². The van der Waals surface area contributed by atoms with E-state index in [1.54, 1.807) is 18.3 Å². The van der Waals surface area contributed by atoms with E-state index in [2.05, 4.69) is 15.5 Å². The molecule has 0 fully saturated rings. The molecule has 0 spiro atoms. The van der Waals surface area contributed by atoms with Crippen LogP contribution >= 0.6 is 0 Å². The summed E-state index contributed by atoms with van der Waals surface area (Å²) in [4.78, 5) is 0. The average molecular weight is 263 g/mol. The van der Waals surface area contributed by atoms with Crippen molar-refractivity contribution < 1.29 is 8.78 Å². The van der Waals surface area contributed by atoms with Crippen LogP contribution in [0.2, 0.25) is 0 Å². The third-order valence-corrected chi connectivity index (χ3v) is 2.83. The summed E-state index contributed by atoms with van der Waals surface area (Å²) in [5.74, 6) is -1.67. The third kappa shape index (κ3) is 3.12. The van der Waals surface area contributed by atoms with E-state index in [0.717, 1.165) is 18.1 Å². The van der Waals surface area contributed by atoms with Crippen molar-refractivity contribution in [2.75, 3.05) is 6.54 Å². The molecule has 0 saturated heterocycles. The SMILES string of the molecule is CCCNC(c1ccnnc1)c1cccc(F)c1F. The summed E-state index contributed by atoms with van der Waals surface area (Å²) in [6.45, 7) is 2.71. The number of halogens is 2. The maximum atomic E-state index is 13.9. The summed E-state index contributed by atoms with van der Waals surface area (Å²) >= 11 is 0. The van der Waals surface area contributed by atoms with E-state index in [4.69, 9.17) is 0 Å². The topological polar surface area (TPSA) is 37.8 Å². The molecule has 0 amide bonds. The minimum Gasteiger partial charge on any atom is -0.306 e. The molecular formula is C14H15F2N3. The molecule has 0 aliphatic heterocycles. The van der Waals surface area contributed by atoms with Crippen LogP contribution in [0.1, 0.15) is 30.5 Å². The Kier molecular flexibility index (Phi) is 4.52. The van der Waals surface area contributed by atoms with Crippen LogP contribution in [-0.2, 0) is 0 Å². The van der Waals surface area contributed by atoms with Crippen LogP contribution in [0.3, 0.4) is 0 Å². The molecule has 3 nitrogen and oxygen atoms in total. The van der Waals surface area contributed by atoms with Crippen LogP contribution < -0.4 is 5.32 Å². The quantitative estimate of drug-likeness (QED) is 0.901. The van der Waals surface area contributed by atoms with Gasteiger partial charge in [0.15, 0.2) is 11.6 Å². The van der Waals surface area contributed by atoms with Crippen molar-refractivity contribution in [2.24, 2.45) is 0 Å². The molecule has 0 aliphatic rings. The second kappa shape index (κ2) is 6.33. The van der Waals surface area contributed by atoms with E-state index < -0.39 is 17.7 Å². The van der Waals surface area contributed by atoms with Crippen molar-refractivity contribution in [1.29, 1.82) is 0 Å². The normalized spacial score (nSPS) is 12.4. The molecule has 100 valence electrons. The molecule has 19 heavy (non-hydrogen) atoms. The summed E-state index contributed by atoms with van der Waals surface area (Å²) in [5, 5.41) is 10.7. The Bertz CT molecular complexity index is 531. The fourth-order valence-electron chi connectivity index (χ4n) is 1.91. The number of benzene rings is 1. The van der Waals surface area contributed by atoms with Crippen molar-refractivity contribution in [3.8, 4) is 0 Å². The molecule has 0 aliphatic carbocycles. The fraction of sp³-hybridized carbons (Fsp3) is 0.286. The van der Waals surface area contributed by atoms with Gasteiger partial charge in [-0.2, -0.15) is 10.2 Å². The molecule has 0 radical (unpaired) electrons. The molecular weight excluding hydrogens is 248 g/mol. The number of rotatable bonds is 5. The Morgan fingerprint density at radius 3 is 2.74 bits per heavy atom. The zero-order valence-corrected chi connectivity index (χ0v) is 10.6. The van der Waals surface area contributed by atoms with Crippen molar-refractivity contribution in [3.63, 3.8) is 0 Å². The molecule has 2 aromatic rings. The highest BCUT2D eigenvalue weighted by Gasteiger charge is 2.19. The molecule has 0 saturated carbocycles. The average Bonchev–Trinajstić information content (AvgIpc) is 2.45. The number of hydrogen-bond acceptors (Lipinski definition) is 3. The van der Waals surface area contributed by atoms with Gasteiger partial charge in [-0.15, -0.1) is 0 Å². The van der Waals surface area contributed by atoms with Crippen molar-refractivity contribution in [3.05, 3.63) is 59.4 Å². The summed E-state index contributed by atoms with van der Waals surface area (Å²) in [6, 6.07) is 5.51. The molecule has 1 atom stereocenters. The van der Waals surface area contributed by atoms with E-state index in [1.165, 1.54) is 12.3 Å². The van der Waals surface area contributed by atoms with Gasteiger partial charge in [-0.25, -0.2) is 8.78 Å². The number of nitrogens with zero attached hydrogens (tertiary/aromatic N) is 2. The first-order valence-corrected chi connectivity index (χ1v) is 6.18. The molecule has 5 heteroatoms. The largest absolute Gasteiger partial charge is 0.306 e. The Morgan fingerprint density at radius 2 is 2.05 bits per heavy atom. The van der Waals surface area contributed by atoms with Gasteiger partial charge in [-0.1, -0.05) is 19.1 Å². The van der Waals surface area contributed by atoms with E-state index in [1.807, 2.05) is 6.92 Å². The molecule has 1 N–H and O–H groups in total. The molecule has 1 aromatic carbocycles. The maximum Gasteiger partial charge on any atom is 0.163 e. The van der Waals surface area contributed by atoms with Crippen LogP contribution in [0.5, 0.6) is 0 Å². The predicted molar refractivity (Wildman–Crippen MR) is 68.5 cm³/mol. The number of hydrogen-bond donors (Lipinski definition) is 1. The number of nitrogens with one attached hydrogen (secondary N) is 1. The molecule has 2 rings (SSSR count). The lowest BCUT2D eigenvalue weighted by atomic mass is 9.99. The maximum absolute atomic E-state index is 13.9. The summed E-state index contributed by atoms with van der Waals surface area (Å²) < 4.78 is 27.3. The first-order valence-electron chi connectivity index (χ1n) is 6.18.